The van der Waals surface area contributed by atoms with Crippen LogP contribution in [0.3, 0.4) is 0 Å². The van der Waals surface area contributed by atoms with Gasteiger partial charge in [-0.1, -0.05) is 24.6 Å². The zero-order chi connectivity index (χ0) is 28.5. The minimum absolute atomic E-state index is 0.0147. The van der Waals surface area contributed by atoms with Gasteiger partial charge in [0.05, 0.1) is 11.8 Å². The first-order valence-electron chi connectivity index (χ1n) is 13.1. The van der Waals surface area contributed by atoms with Gasteiger partial charge in [0, 0.05) is 24.5 Å². The predicted molar refractivity (Wildman–Crippen MR) is 142 cm³/mol. The predicted octanol–water partition coefficient (Wildman–Crippen LogP) is 6.91. The maximum atomic E-state index is 14.4. The topological polar surface area (TPSA) is 62.3 Å². The van der Waals surface area contributed by atoms with E-state index in [1.54, 1.807) is 43.0 Å². The normalized spacial score (nSPS) is 20.5. The average Bonchev–Trinajstić information content (AvgIpc) is 3.66. The summed E-state index contributed by atoms with van der Waals surface area (Å²) in [6, 6.07) is 7.53. The maximum absolute atomic E-state index is 14.4. The summed E-state index contributed by atoms with van der Waals surface area (Å²) < 4.78 is 52.7. The zero-order valence-corrected chi connectivity index (χ0v) is 22.6. The van der Waals surface area contributed by atoms with Crippen molar-refractivity contribution in [1.29, 1.82) is 0 Å². The van der Waals surface area contributed by atoms with E-state index < -0.39 is 24.3 Å². The molecule has 0 unspecified atom stereocenters. The van der Waals surface area contributed by atoms with Gasteiger partial charge >= 0.3 is 6.18 Å². The van der Waals surface area contributed by atoms with Crippen molar-refractivity contribution in [3.8, 4) is 0 Å². The molecular formula is C30H33F4N3O2. The fourth-order valence-corrected chi connectivity index (χ4v) is 5.29. The fraction of sp³-hybridized carbons (Fsp3) is 0.433. The minimum Gasteiger partial charge on any atom is -0.347 e. The van der Waals surface area contributed by atoms with Crippen LogP contribution in [0.4, 0.5) is 23.2 Å². The minimum atomic E-state index is -4.33. The molecule has 1 aliphatic heterocycles. The molecule has 1 aromatic heterocycles. The molecule has 1 N–H and O–H groups in total. The lowest BCUT2D eigenvalue weighted by Gasteiger charge is -2.23. The van der Waals surface area contributed by atoms with Gasteiger partial charge in [0.2, 0.25) is 5.91 Å². The fourth-order valence-electron chi connectivity index (χ4n) is 5.29. The quantitative estimate of drug-likeness (QED) is 0.291. The summed E-state index contributed by atoms with van der Waals surface area (Å²) in [5, 5.41) is 2.74. The highest BCUT2D eigenvalue weighted by Crippen LogP contribution is 2.52. The molecule has 2 aliphatic rings. The lowest BCUT2D eigenvalue weighted by Crippen LogP contribution is -2.34. The highest BCUT2D eigenvalue weighted by atomic mass is 19.4. The molecule has 2 heterocycles. The first-order chi connectivity index (χ1) is 18.3. The molecule has 1 saturated carbocycles. The third kappa shape index (κ3) is 6.75. The summed E-state index contributed by atoms with van der Waals surface area (Å²) in [6.45, 7) is 7.40. The van der Waals surface area contributed by atoms with Crippen molar-refractivity contribution in [2.75, 3.05) is 11.4 Å². The standard InChI is InChI=1S/C30H33F4N3O2/c1-5-21(10-18(2)16-30(32,33)34)22-12-20(13-24(31)14-22)17-35-27(38)26-15-25(11-19(3)36-26)37-9-8-29(4,28(37)39)23-6-7-23/h5,10-15,23H,6-9,16-17H2,1-4H3,(H,35,38)/b18-10+,21-5+/t29-/m0/s1. The Hall–Kier alpha value is -3.49. The summed E-state index contributed by atoms with van der Waals surface area (Å²) in [5.74, 6) is -0.549. The second-order valence-electron chi connectivity index (χ2n) is 10.8. The summed E-state index contributed by atoms with van der Waals surface area (Å²) in [6.07, 6.45) is 0.524. The monoisotopic (exact) mass is 543 g/mol. The molecule has 1 atom stereocenters. The molecular weight excluding hydrogens is 510 g/mol. The van der Waals surface area contributed by atoms with Crippen LogP contribution in [-0.4, -0.2) is 29.5 Å². The van der Waals surface area contributed by atoms with E-state index in [9.17, 15) is 27.2 Å². The highest BCUT2D eigenvalue weighted by Gasteiger charge is 2.52. The molecule has 2 aromatic rings. The number of hydrogen-bond donors (Lipinski definition) is 1. The van der Waals surface area contributed by atoms with Crippen molar-refractivity contribution in [1.82, 2.24) is 10.3 Å². The Balaban J connectivity index is 1.48. The number of alkyl halides is 3. The largest absolute Gasteiger partial charge is 0.392 e. The molecule has 208 valence electrons. The van der Waals surface area contributed by atoms with Crippen molar-refractivity contribution in [3.63, 3.8) is 0 Å². The molecule has 4 rings (SSSR count). The molecule has 2 fully saturated rings. The third-order valence-electron chi connectivity index (χ3n) is 7.49. The van der Waals surface area contributed by atoms with Crippen LogP contribution in [-0.2, 0) is 11.3 Å². The number of aryl methyl sites for hydroxylation is 1. The first-order valence-corrected chi connectivity index (χ1v) is 13.1. The van der Waals surface area contributed by atoms with Gasteiger partial charge < -0.3 is 10.2 Å². The number of hydrogen-bond acceptors (Lipinski definition) is 3. The highest BCUT2D eigenvalue weighted by molar-refractivity contribution is 6.01. The Labute approximate surface area is 226 Å². The molecule has 39 heavy (non-hydrogen) atoms. The lowest BCUT2D eigenvalue weighted by molar-refractivity contribution is -0.127. The number of carbonyl (C=O) groups is 2. The Bertz CT molecular complexity index is 1340. The number of benzene rings is 1. The first kappa shape index (κ1) is 28.5. The summed E-state index contributed by atoms with van der Waals surface area (Å²) in [7, 11) is 0. The van der Waals surface area contributed by atoms with Gasteiger partial charge in [0.25, 0.3) is 5.91 Å². The van der Waals surface area contributed by atoms with E-state index in [-0.39, 0.29) is 29.1 Å². The van der Waals surface area contributed by atoms with Crippen LogP contribution < -0.4 is 10.2 Å². The van der Waals surface area contributed by atoms with Crippen molar-refractivity contribution in [3.05, 3.63) is 76.4 Å². The smallest absolute Gasteiger partial charge is 0.347 e. The number of anilines is 1. The molecule has 0 bridgehead atoms. The van der Waals surface area contributed by atoms with Crippen LogP contribution in [0.2, 0.25) is 0 Å². The average molecular weight is 544 g/mol. The van der Waals surface area contributed by atoms with E-state index in [0.29, 0.717) is 40.5 Å². The van der Waals surface area contributed by atoms with Gasteiger partial charge in [0.1, 0.15) is 11.5 Å². The van der Waals surface area contributed by atoms with Gasteiger partial charge in [-0.25, -0.2) is 9.37 Å². The molecule has 1 aliphatic carbocycles. The molecule has 0 spiro atoms. The van der Waals surface area contributed by atoms with E-state index in [4.69, 9.17) is 0 Å². The van der Waals surface area contributed by atoms with E-state index in [1.807, 2.05) is 6.92 Å². The molecule has 1 aromatic carbocycles. The van der Waals surface area contributed by atoms with E-state index in [0.717, 1.165) is 19.3 Å². The zero-order valence-electron chi connectivity index (χ0n) is 22.6. The van der Waals surface area contributed by atoms with Gasteiger partial charge in [-0.05, 0) is 93.0 Å². The number of nitrogens with one attached hydrogen (secondary N) is 1. The number of rotatable bonds is 8. The Morgan fingerprint density at radius 2 is 1.92 bits per heavy atom. The summed E-state index contributed by atoms with van der Waals surface area (Å²) in [5.41, 5.74) is 2.42. The van der Waals surface area contributed by atoms with Crippen molar-refractivity contribution >= 4 is 23.1 Å². The van der Waals surface area contributed by atoms with Crippen LogP contribution in [0, 0.1) is 24.1 Å². The number of pyridine rings is 1. The lowest BCUT2D eigenvalue weighted by atomic mass is 9.83. The van der Waals surface area contributed by atoms with Gasteiger partial charge in [-0.15, -0.1) is 0 Å². The number of carbonyl (C=O) groups excluding carboxylic acids is 2. The van der Waals surface area contributed by atoms with Crippen molar-refractivity contribution < 1.29 is 27.2 Å². The molecule has 0 radical (unpaired) electrons. The Morgan fingerprint density at radius 1 is 1.21 bits per heavy atom. The van der Waals surface area contributed by atoms with Crippen molar-refractivity contribution in [2.24, 2.45) is 11.3 Å². The van der Waals surface area contributed by atoms with Gasteiger partial charge in [-0.2, -0.15) is 13.2 Å². The summed E-state index contributed by atoms with van der Waals surface area (Å²) in [4.78, 5) is 32.3. The number of nitrogens with zero attached hydrogens (tertiary/aromatic N) is 2. The summed E-state index contributed by atoms with van der Waals surface area (Å²) >= 11 is 0. The molecule has 5 nitrogen and oxygen atoms in total. The van der Waals surface area contributed by atoms with Crippen LogP contribution in [0.25, 0.3) is 5.57 Å². The Morgan fingerprint density at radius 3 is 2.56 bits per heavy atom. The number of allylic oxidation sites excluding steroid dienone is 4. The number of halogens is 4. The van der Waals surface area contributed by atoms with Crippen LogP contribution in [0.15, 0.2) is 48.1 Å². The molecule has 2 amide bonds. The second kappa shape index (κ2) is 10.9. The number of aromatic nitrogens is 1. The maximum Gasteiger partial charge on any atom is 0.392 e. The van der Waals surface area contributed by atoms with Crippen LogP contribution >= 0.6 is 0 Å². The van der Waals surface area contributed by atoms with E-state index in [2.05, 4.69) is 10.3 Å². The third-order valence-corrected chi connectivity index (χ3v) is 7.49. The van der Waals surface area contributed by atoms with Crippen molar-refractivity contribution in [2.45, 2.75) is 66.1 Å². The molecule has 9 heteroatoms. The second-order valence-corrected chi connectivity index (χ2v) is 10.8. The van der Waals surface area contributed by atoms with Gasteiger partial charge in [0.15, 0.2) is 0 Å². The Kier molecular flexibility index (Phi) is 8.00. The van der Waals surface area contributed by atoms with Gasteiger partial charge in [-0.3, -0.25) is 9.59 Å². The SMILES string of the molecule is C/C=C(\C=C(/C)CC(F)(F)F)c1cc(F)cc(CNC(=O)c2cc(N3CC[C@@](C)(C4CC4)C3=O)cc(C)n2)c1. The molecule has 1 saturated heterocycles. The van der Waals surface area contributed by atoms with E-state index in [1.165, 1.54) is 25.1 Å². The van der Waals surface area contributed by atoms with E-state index >= 15 is 0 Å². The van der Waals surface area contributed by atoms with Crippen LogP contribution in [0.5, 0.6) is 0 Å². The van der Waals surface area contributed by atoms with Crippen LogP contribution in [0.1, 0.15) is 73.8 Å². The number of amides is 2.